The van der Waals surface area contributed by atoms with E-state index in [1.165, 1.54) is 36.5 Å². The maximum Gasteiger partial charge on any atom is 0.573 e. The van der Waals surface area contributed by atoms with E-state index in [1.54, 1.807) is 25.1 Å². The van der Waals surface area contributed by atoms with Crippen molar-refractivity contribution in [3.05, 3.63) is 72.2 Å². The lowest BCUT2D eigenvalue weighted by Gasteiger charge is -2.31. The molecule has 3 atom stereocenters. The van der Waals surface area contributed by atoms with Crippen molar-refractivity contribution < 1.29 is 36.6 Å². The summed E-state index contributed by atoms with van der Waals surface area (Å²) in [6.07, 6.45) is -2.84. The van der Waals surface area contributed by atoms with Gasteiger partial charge in [-0.2, -0.15) is 0 Å². The normalized spacial score (nSPS) is 19.5. The largest absolute Gasteiger partial charge is 0.573 e. The van der Waals surface area contributed by atoms with Gasteiger partial charge in [0.2, 0.25) is 5.91 Å². The molecule has 2 aliphatic heterocycles. The van der Waals surface area contributed by atoms with Crippen LogP contribution in [0, 0.1) is 5.82 Å². The van der Waals surface area contributed by atoms with Crippen molar-refractivity contribution in [1.82, 2.24) is 9.88 Å². The summed E-state index contributed by atoms with van der Waals surface area (Å²) in [7, 11) is 0. The molecule has 0 unspecified atom stereocenters. The van der Waals surface area contributed by atoms with Crippen molar-refractivity contribution in [3.63, 3.8) is 0 Å². The third-order valence-electron chi connectivity index (χ3n) is 6.69. The summed E-state index contributed by atoms with van der Waals surface area (Å²) in [5.41, 5.74) is 1.03. The zero-order chi connectivity index (χ0) is 27.7. The molecule has 39 heavy (non-hydrogen) atoms. The highest BCUT2D eigenvalue weighted by Crippen LogP contribution is 2.34. The SMILES string of the molecule is C[C@H](C(=O)Nc1cc(NC(=O)c2ccc(-c3cccc(F)c3)nc2)ccc1OC(F)(F)F)N1C[C@@H]2C[C@H]1CO2. The number of carbonyl (C=O) groups excluding carboxylic acids is 2. The molecule has 3 heterocycles. The second kappa shape index (κ2) is 10.6. The topological polar surface area (TPSA) is 92.8 Å². The van der Waals surface area contributed by atoms with Crippen molar-refractivity contribution in [1.29, 1.82) is 0 Å². The number of likely N-dealkylation sites (tertiary alicyclic amines) is 1. The number of morpholine rings is 1. The molecule has 3 aromatic rings. The Morgan fingerprint density at radius 1 is 1.13 bits per heavy atom. The number of hydrogen-bond acceptors (Lipinski definition) is 6. The van der Waals surface area contributed by atoms with Crippen LogP contribution in [0.15, 0.2) is 60.8 Å². The molecule has 2 N–H and O–H groups in total. The van der Waals surface area contributed by atoms with E-state index in [0.29, 0.717) is 24.4 Å². The molecular formula is C27H24F4N4O4. The Morgan fingerprint density at radius 2 is 1.95 bits per heavy atom. The second-order valence-corrected chi connectivity index (χ2v) is 9.36. The number of amides is 2. The van der Waals surface area contributed by atoms with E-state index >= 15 is 0 Å². The molecule has 204 valence electrons. The molecule has 2 bridgehead atoms. The van der Waals surface area contributed by atoms with Gasteiger partial charge in [0.25, 0.3) is 5.91 Å². The Hall–Kier alpha value is -4.03. The average Bonchev–Trinajstić information content (AvgIpc) is 3.53. The van der Waals surface area contributed by atoms with Crippen LogP contribution in [0.4, 0.5) is 28.9 Å². The molecule has 2 aromatic carbocycles. The molecule has 0 aliphatic carbocycles. The van der Waals surface area contributed by atoms with Crippen LogP contribution in [0.25, 0.3) is 11.3 Å². The lowest BCUT2D eigenvalue weighted by Crippen LogP contribution is -2.48. The Bertz CT molecular complexity index is 1380. The highest BCUT2D eigenvalue weighted by Gasteiger charge is 2.43. The van der Waals surface area contributed by atoms with Gasteiger partial charge < -0.3 is 20.1 Å². The van der Waals surface area contributed by atoms with Gasteiger partial charge in [-0.25, -0.2) is 4.39 Å². The summed E-state index contributed by atoms with van der Waals surface area (Å²) in [5, 5.41) is 5.09. The summed E-state index contributed by atoms with van der Waals surface area (Å²) in [6, 6.07) is 11.8. The highest BCUT2D eigenvalue weighted by molar-refractivity contribution is 6.05. The van der Waals surface area contributed by atoms with Gasteiger partial charge in [0.15, 0.2) is 5.75 Å². The van der Waals surface area contributed by atoms with Crippen LogP contribution >= 0.6 is 0 Å². The Morgan fingerprint density at radius 3 is 2.59 bits per heavy atom. The Kier molecular flexibility index (Phi) is 7.23. The van der Waals surface area contributed by atoms with Gasteiger partial charge in [0.1, 0.15) is 5.82 Å². The first-order chi connectivity index (χ1) is 18.6. The van der Waals surface area contributed by atoms with E-state index in [4.69, 9.17) is 4.74 Å². The van der Waals surface area contributed by atoms with Gasteiger partial charge in [-0.3, -0.25) is 19.5 Å². The zero-order valence-corrected chi connectivity index (χ0v) is 20.7. The highest BCUT2D eigenvalue weighted by atomic mass is 19.4. The summed E-state index contributed by atoms with van der Waals surface area (Å²) in [5.74, 6) is -2.15. The quantitative estimate of drug-likeness (QED) is 0.414. The van der Waals surface area contributed by atoms with Gasteiger partial charge in [-0.1, -0.05) is 12.1 Å². The zero-order valence-electron chi connectivity index (χ0n) is 20.7. The van der Waals surface area contributed by atoms with E-state index in [2.05, 4.69) is 20.4 Å². The molecule has 0 radical (unpaired) electrons. The van der Waals surface area contributed by atoms with Crippen LogP contribution in [0.2, 0.25) is 0 Å². The summed E-state index contributed by atoms with van der Waals surface area (Å²) >= 11 is 0. The number of alkyl halides is 3. The Labute approximate surface area is 220 Å². The number of aromatic nitrogens is 1. The average molecular weight is 545 g/mol. The monoisotopic (exact) mass is 544 g/mol. The second-order valence-electron chi connectivity index (χ2n) is 9.36. The lowest BCUT2D eigenvalue weighted by atomic mass is 10.1. The number of rotatable bonds is 7. The number of fused-ring (bicyclic) bond motifs is 2. The predicted octanol–water partition coefficient (Wildman–Crippen LogP) is 4.84. The fraction of sp³-hybridized carbons (Fsp3) is 0.296. The molecule has 5 rings (SSSR count). The first-order valence-electron chi connectivity index (χ1n) is 12.2. The molecule has 2 saturated heterocycles. The lowest BCUT2D eigenvalue weighted by molar-refractivity contribution is -0.274. The molecule has 0 spiro atoms. The minimum Gasteiger partial charge on any atom is -0.404 e. The van der Waals surface area contributed by atoms with E-state index in [0.717, 1.165) is 12.5 Å². The van der Waals surface area contributed by atoms with Crippen molar-refractivity contribution in [2.45, 2.75) is 37.9 Å². The number of pyridine rings is 1. The first kappa shape index (κ1) is 26.6. The number of nitrogens with one attached hydrogen (secondary N) is 2. The van der Waals surface area contributed by atoms with Gasteiger partial charge >= 0.3 is 6.36 Å². The Balaban J connectivity index is 1.31. The van der Waals surface area contributed by atoms with Gasteiger partial charge in [-0.15, -0.1) is 13.2 Å². The van der Waals surface area contributed by atoms with Crippen LogP contribution in [0.3, 0.4) is 0 Å². The minimum atomic E-state index is -4.99. The maximum absolute atomic E-state index is 13.5. The molecule has 8 nitrogen and oxygen atoms in total. The van der Waals surface area contributed by atoms with Gasteiger partial charge in [0.05, 0.1) is 35.7 Å². The van der Waals surface area contributed by atoms with Crippen molar-refractivity contribution in [2.75, 3.05) is 23.8 Å². The third-order valence-corrected chi connectivity index (χ3v) is 6.69. The van der Waals surface area contributed by atoms with Crippen LogP contribution in [0.5, 0.6) is 5.75 Å². The van der Waals surface area contributed by atoms with Crippen LogP contribution in [-0.2, 0) is 9.53 Å². The van der Waals surface area contributed by atoms with E-state index in [1.807, 2.05) is 4.90 Å². The van der Waals surface area contributed by atoms with Crippen LogP contribution < -0.4 is 15.4 Å². The molecule has 2 amide bonds. The number of hydrogen-bond donors (Lipinski definition) is 2. The number of benzene rings is 2. The van der Waals surface area contributed by atoms with Crippen molar-refractivity contribution >= 4 is 23.2 Å². The molecule has 1 aromatic heterocycles. The van der Waals surface area contributed by atoms with E-state index < -0.39 is 35.8 Å². The fourth-order valence-corrected chi connectivity index (χ4v) is 4.76. The summed E-state index contributed by atoms with van der Waals surface area (Å²) < 4.78 is 62.2. The summed E-state index contributed by atoms with van der Waals surface area (Å²) in [4.78, 5) is 31.9. The van der Waals surface area contributed by atoms with Crippen LogP contribution in [-0.4, -0.2) is 59.4 Å². The fourth-order valence-electron chi connectivity index (χ4n) is 4.76. The number of nitrogens with zero attached hydrogens (tertiary/aromatic N) is 2. The van der Waals surface area contributed by atoms with Crippen molar-refractivity contribution in [2.24, 2.45) is 0 Å². The number of ether oxygens (including phenoxy) is 2. The van der Waals surface area contributed by atoms with Crippen molar-refractivity contribution in [3.8, 4) is 17.0 Å². The standard InChI is InChI=1S/C27H24F4N4O4/c1-15(35-13-21-11-20(35)14-38-21)25(36)34-23-10-19(6-8-24(23)39-27(29,30)31)33-26(37)17-5-7-22(32-12-17)16-3-2-4-18(28)9-16/h2-10,12,15,20-21H,11,13-14H2,1H3,(H,33,37)(H,34,36)/t15-,20+,21+/m1/s1. The number of carbonyl (C=O) groups is 2. The smallest absolute Gasteiger partial charge is 0.404 e. The minimum absolute atomic E-state index is 0.0466. The predicted molar refractivity (Wildman–Crippen MR) is 134 cm³/mol. The first-order valence-corrected chi connectivity index (χ1v) is 12.2. The number of halogens is 4. The van der Waals surface area contributed by atoms with Gasteiger partial charge in [-0.05, 0) is 55.8 Å². The molecule has 2 aliphatic rings. The van der Waals surface area contributed by atoms with Gasteiger partial charge in [0, 0.05) is 30.0 Å². The summed E-state index contributed by atoms with van der Waals surface area (Å²) in [6.45, 7) is 2.74. The number of anilines is 2. The van der Waals surface area contributed by atoms with E-state index in [-0.39, 0.29) is 29.1 Å². The molecule has 12 heteroatoms. The third kappa shape index (κ3) is 6.18. The maximum atomic E-state index is 13.5. The molecule has 2 fully saturated rings. The molecule has 0 saturated carbocycles. The van der Waals surface area contributed by atoms with E-state index in [9.17, 15) is 27.2 Å². The van der Waals surface area contributed by atoms with Crippen LogP contribution in [0.1, 0.15) is 23.7 Å². The molecular weight excluding hydrogens is 520 g/mol.